The number of rotatable bonds is 2. The Labute approximate surface area is 134 Å². The fourth-order valence-electron chi connectivity index (χ4n) is 2.02. The summed E-state index contributed by atoms with van der Waals surface area (Å²) in [6.45, 7) is 0. The lowest BCUT2D eigenvalue weighted by Crippen LogP contribution is -1.96. The molecule has 0 aliphatic heterocycles. The number of ether oxygens (including phenoxy) is 1. The zero-order chi connectivity index (χ0) is 14.3. The van der Waals surface area contributed by atoms with E-state index in [9.17, 15) is 0 Å². The minimum Gasteiger partial charge on any atom is -0.497 e. The van der Waals surface area contributed by atoms with Gasteiger partial charge in [0.15, 0.2) is 14.6 Å². The molecule has 0 N–H and O–H groups in total. The summed E-state index contributed by atoms with van der Waals surface area (Å²) >= 11 is 8.17. The maximum absolute atomic E-state index is 6.14. The number of aryl methyl sites for hydroxylation is 1. The smallest absolute Gasteiger partial charge is 0.194 e. The van der Waals surface area contributed by atoms with Crippen LogP contribution in [0.5, 0.6) is 5.75 Å². The molecule has 0 bridgehead atoms. The van der Waals surface area contributed by atoms with Gasteiger partial charge in [-0.2, -0.15) is 0 Å². The van der Waals surface area contributed by atoms with Crippen molar-refractivity contribution in [3.8, 4) is 17.1 Å². The van der Waals surface area contributed by atoms with Gasteiger partial charge in [-0.25, -0.2) is 15.0 Å². The largest absolute Gasteiger partial charge is 0.497 e. The molecule has 0 radical (unpaired) electrons. The number of hydrogen-bond acceptors (Lipinski definition) is 4. The molecule has 0 atom stereocenters. The van der Waals surface area contributed by atoms with Crippen molar-refractivity contribution in [2.75, 3.05) is 7.11 Å². The molecule has 0 aliphatic carbocycles. The Morgan fingerprint density at radius 1 is 1.25 bits per heavy atom. The van der Waals surface area contributed by atoms with Crippen LogP contribution in [0, 0.1) is 3.83 Å². The van der Waals surface area contributed by atoms with E-state index in [2.05, 4.69) is 15.0 Å². The van der Waals surface area contributed by atoms with Crippen LogP contribution in [0.4, 0.5) is 0 Å². The molecule has 3 aromatic rings. The van der Waals surface area contributed by atoms with E-state index in [4.69, 9.17) is 16.3 Å². The number of halogens is 2. The summed E-state index contributed by atoms with van der Waals surface area (Å²) in [5.41, 5.74) is 2.26. The van der Waals surface area contributed by atoms with Crippen molar-refractivity contribution in [3.05, 3.63) is 33.2 Å². The van der Waals surface area contributed by atoms with E-state index in [1.165, 1.54) is 0 Å². The number of imidazole rings is 1. The second kappa shape index (κ2) is 5.17. The van der Waals surface area contributed by atoms with Gasteiger partial charge in [0.05, 0.1) is 7.11 Å². The quantitative estimate of drug-likeness (QED) is 0.376. The molecular formula is C13H10ClIN4O. The van der Waals surface area contributed by atoms with Crippen LogP contribution >= 0.6 is 34.2 Å². The lowest BCUT2D eigenvalue weighted by molar-refractivity contribution is 0.415. The minimum absolute atomic E-state index is 0.365. The van der Waals surface area contributed by atoms with Gasteiger partial charge in [0.1, 0.15) is 17.1 Å². The first kappa shape index (κ1) is 13.6. The third-order valence-electron chi connectivity index (χ3n) is 2.98. The highest BCUT2D eigenvalue weighted by atomic mass is 127. The van der Waals surface area contributed by atoms with Gasteiger partial charge in [0.2, 0.25) is 0 Å². The average molecular weight is 401 g/mol. The fraction of sp³-hybridized carbons (Fsp3) is 0.154. The van der Waals surface area contributed by atoms with Crippen LogP contribution in [0.3, 0.4) is 0 Å². The molecule has 0 spiro atoms. The highest BCUT2D eigenvalue weighted by Gasteiger charge is 2.15. The molecule has 5 nitrogen and oxygen atoms in total. The van der Waals surface area contributed by atoms with Crippen molar-refractivity contribution in [3.63, 3.8) is 0 Å². The Morgan fingerprint density at radius 3 is 2.80 bits per heavy atom. The van der Waals surface area contributed by atoms with Crippen LogP contribution in [0.15, 0.2) is 24.3 Å². The first-order valence-corrected chi connectivity index (χ1v) is 7.25. The Morgan fingerprint density at radius 2 is 2.05 bits per heavy atom. The van der Waals surface area contributed by atoms with Crippen LogP contribution in [-0.2, 0) is 7.05 Å². The predicted molar refractivity (Wildman–Crippen MR) is 86.0 cm³/mol. The SMILES string of the molecule is COc1cccc(-c2nc3c(Cl)nc(I)nc3n2C)c1. The standard InChI is InChI=1S/C13H10ClIN4O/c1-19-11(7-4-3-5-8(6-7)20-2)16-9-10(14)17-13(15)18-12(9)19/h3-6H,1-2H3. The molecular weight excluding hydrogens is 391 g/mol. The number of nitrogens with zero attached hydrogens (tertiary/aromatic N) is 4. The summed E-state index contributed by atoms with van der Waals surface area (Å²) in [5.74, 6) is 1.55. The zero-order valence-corrected chi connectivity index (χ0v) is 13.7. The molecule has 1 aromatic carbocycles. The second-order valence-corrected chi connectivity index (χ2v) is 5.50. The van der Waals surface area contributed by atoms with Gasteiger partial charge in [-0.3, -0.25) is 0 Å². The monoisotopic (exact) mass is 400 g/mol. The first-order valence-electron chi connectivity index (χ1n) is 5.80. The molecule has 20 heavy (non-hydrogen) atoms. The number of hydrogen-bond donors (Lipinski definition) is 0. The van der Waals surface area contributed by atoms with Gasteiger partial charge in [-0.05, 0) is 12.1 Å². The highest BCUT2D eigenvalue weighted by Crippen LogP contribution is 2.28. The van der Waals surface area contributed by atoms with Crippen molar-refractivity contribution in [1.82, 2.24) is 19.5 Å². The minimum atomic E-state index is 0.365. The maximum Gasteiger partial charge on any atom is 0.194 e. The van der Waals surface area contributed by atoms with Crippen molar-refractivity contribution in [2.24, 2.45) is 7.05 Å². The number of methoxy groups -OCH3 is 1. The van der Waals surface area contributed by atoms with Gasteiger partial charge < -0.3 is 9.30 Å². The third kappa shape index (κ3) is 2.22. The Bertz CT molecular complexity index is 802. The molecule has 2 aromatic heterocycles. The second-order valence-electron chi connectivity index (χ2n) is 4.18. The summed E-state index contributed by atoms with van der Waals surface area (Å²) in [6, 6.07) is 7.70. The Balaban J connectivity index is 2.26. The maximum atomic E-state index is 6.14. The first-order chi connectivity index (χ1) is 9.60. The van der Waals surface area contributed by atoms with E-state index in [0.717, 1.165) is 17.1 Å². The zero-order valence-electron chi connectivity index (χ0n) is 10.8. The third-order valence-corrected chi connectivity index (χ3v) is 3.72. The molecule has 0 saturated heterocycles. The molecule has 7 heteroatoms. The topological polar surface area (TPSA) is 52.8 Å². The number of aromatic nitrogens is 4. The van der Waals surface area contributed by atoms with Crippen LogP contribution in [-0.4, -0.2) is 26.6 Å². The van der Waals surface area contributed by atoms with Crippen LogP contribution in [0.1, 0.15) is 0 Å². The van der Waals surface area contributed by atoms with Gasteiger partial charge in [0.25, 0.3) is 0 Å². The normalized spacial score (nSPS) is 11.0. The average Bonchev–Trinajstić information content (AvgIpc) is 2.77. The van der Waals surface area contributed by atoms with E-state index in [1.807, 2.05) is 58.5 Å². The van der Waals surface area contributed by atoms with Gasteiger partial charge >= 0.3 is 0 Å². The summed E-state index contributed by atoms with van der Waals surface area (Å²) in [7, 11) is 3.54. The highest BCUT2D eigenvalue weighted by molar-refractivity contribution is 14.1. The summed E-state index contributed by atoms with van der Waals surface area (Å²) < 4.78 is 7.74. The lowest BCUT2D eigenvalue weighted by atomic mass is 10.2. The van der Waals surface area contributed by atoms with E-state index >= 15 is 0 Å². The molecule has 0 amide bonds. The van der Waals surface area contributed by atoms with E-state index in [-0.39, 0.29) is 0 Å². The molecule has 0 saturated carbocycles. The van der Waals surface area contributed by atoms with Crippen LogP contribution in [0.2, 0.25) is 5.15 Å². The summed E-state index contributed by atoms with van der Waals surface area (Å²) in [4.78, 5) is 13.1. The summed E-state index contributed by atoms with van der Waals surface area (Å²) in [6.07, 6.45) is 0. The number of benzene rings is 1. The molecule has 102 valence electrons. The van der Waals surface area contributed by atoms with Crippen molar-refractivity contribution in [2.45, 2.75) is 0 Å². The molecule has 3 rings (SSSR count). The fourth-order valence-corrected chi connectivity index (χ4v) is 2.84. The van der Waals surface area contributed by atoms with Crippen LogP contribution < -0.4 is 4.74 Å². The van der Waals surface area contributed by atoms with Crippen LogP contribution in [0.25, 0.3) is 22.6 Å². The van der Waals surface area contributed by atoms with E-state index in [0.29, 0.717) is 20.1 Å². The van der Waals surface area contributed by atoms with Gasteiger partial charge in [0, 0.05) is 35.2 Å². The molecule has 2 heterocycles. The Hall–Kier alpha value is -1.41. The van der Waals surface area contributed by atoms with Crippen molar-refractivity contribution >= 4 is 45.4 Å². The summed E-state index contributed by atoms with van der Waals surface area (Å²) in [5, 5.41) is 0.365. The number of fused-ring (bicyclic) bond motifs is 1. The lowest BCUT2D eigenvalue weighted by Gasteiger charge is -2.04. The van der Waals surface area contributed by atoms with Crippen molar-refractivity contribution in [1.29, 1.82) is 0 Å². The van der Waals surface area contributed by atoms with Crippen molar-refractivity contribution < 1.29 is 4.74 Å². The van der Waals surface area contributed by atoms with Gasteiger partial charge in [-0.1, -0.05) is 23.7 Å². The van der Waals surface area contributed by atoms with E-state index < -0.39 is 0 Å². The molecule has 0 aliphatic rings. The Kier molecular flexibility index (Phi) is 3.51. The molecule has 0 unspecified atom stereocenters. The predicted octanol–water partition coefficient (Wildman–Crippen LogP) is 3.30. The van der Waals surface area contributed by atoms with E-state index in [1.54, 1.807) is 7.11 Å². The van der Waals surface area contributed by atoms with Gasteiger partial charge in [-0.15, -0.1) is 0 Å². The molecule has 0 fully saturated rings.